The van der Waals surface area contributed by atoms with Crippen molar-refractivity contribution in [3.8, 4) is 17.0 Å². The molecule has 0 aliphatic rings. The van der Waals surface area contributed by atoms with Crippen molar-refractivity contribution < 1.29 is 4.74 Å². The van der Waals surface area contributed by atoms with E-state index in [0.29, 0.717) is 17.6 Å². The minimum absolute atomic E-state index is 0.417. The van der Waals surface area contributed by atoms with Crippen molar-refractivity contribution in [1.82, 2.24) is 9.97 Å². The van der Waals surface area contributed by atoms with E-state index in [-0.39, 0.29) is 0 Å². The summed E-state index contributed by atoms with van der Waals surface area (Å²) in [4.78, 5) is 9.22. The molecule has 3 aromatic carbocycles. The van der Waals surface area contributed by atoms with Crippen molar-refractivity contribution in [2.45, 2.75) is 6.92 Å². The number of hydrogen-bond donors (Lipinski definition) is 1. The first-order valence-corrected chi connectivity index (χ1v) is 9.65. The number of anilines is 1. The van der Waals surface area contributed by atoms with E-state index in [1.54, 1.807) is 6.21 Å². The Balaban J connectivity index is 1.63. The Morgan fingerprint density at radius 1 is 1.00 bits per heavy atom. The zero-order valence-electron chi connectivity index (χ0n) is 15.8. The molecule has 1 N–H and O–H groups in total. The van der Waals surface area contributed by atoms with Gasteiger partial charge in [0.25, 0.3) is 0 Å². The molecule has 0 radical (unpaired) electrons. The molecule has 0 bridgehead atoms. The van der Waals surface area contributed by atoms with Crippen molar-refractivity contribution in [3.05, 3.63) is 83.4 Å². The average molecular weight is 403 g/mol. The van der Waals surface area contributed by atoms with Gasteiger partial charge in [0.1, 0.15) is 5.75 Å². The summed E-state index contributed by atoms with van der Waals surface area (Å²) < 4.78 is 5.45. The van der Waals surface area contributed by atoms with Crippen LogP contribution in [0.1, 0.15) is 12.5 Å². The summed E-state index contributed by atoms with van der Waals surface area (Å²) in [6.45, 7) is 2.60. The number of hydrazone groups is 1. The van der Waals surface area contributed by atoms with Gasteiger partial charge in [-0.05, 0) is 55.0 Å². The average Bonchev–Trinajstić information content (AvgIpc) is 2.75. The van der Waals surface area contributed by atoms with Gasteiger partial charge < -0.3 is 4.74 Å². The number of aromatic nitrogens is 2. The third-order valence-electron chi connectivity index (χ3n) is 4.27. The van der Waals surface area contributed by atoms with Gasteiger partial charge in [0.2, 0.25) is 5.95 Å². The van der Waals surface area contributed by atoms with Crippen LogP contribution >= 0.6 is 11.6 Å². The van der Waals surface area contributed by atoms with Crippen LogP contribution in [0.3, 0.4) is 0 Å². The molecule has 5 nitrogen and oxygen atoms in total. The summed E-state index contributed by atoms with van der Waals surface area (Å²) in [6.07, 6.45) is 1.72. The molecule has 29 heavy (non-hydrogen) atoms. The van der Waals surface area contributed by atoms with E-state index in [2.05, 4.69) is 20.5 Å². The Labute approximate surface area is 174 Å². The van der Waals surface area contributed by atoms with Crippen LogP contribution in [0, 0.1) is 0 Å². The van der Waals surface area contributed by atoms with Crippen LogP contribution in [0.15, 0.2) is 77.9 Å². The maximum atomic E-state index is 6.20. The van der Waals surface area contributed by atoms with E-state index in [9.17, 15) is 0 Å². The third-order valence-corrected chi connectivity index (χ3v) is 4.51. The molecule has 4 aromatic rings. The van der Waals surface area contributed by atoms with Gasteiger partial charge in [0, 0.05) is 16.0 Å². The fraction of sp³-hybridized carbons (Fsp3) is 0.0870. The zero-order valence-corrected chi connectivity index (χ0v) is 16.6. The first-order chi connectivity index (χ1) is 14.2. The molecule has 0 aliphatic heterocycles. The molecule has 0 spiro atoms. The van der Waals surface area contributed by atoms with Gasteiger partial charge in [0.15, 0.2) is 0 Å². The standard InChI is InChI=1S/C23H19ClN4O/c1-2-29-19-11-8-16(9-12-19)15-25-28-23-26-21-13-10-18(24)14-20(21)22(27-23)17-6-4-3-5-7-17/h3-15H,2H2,1H3,(H,26,27,28)/b25-15+. The largest absolute Gasteiger partial charge is 0.494 e. The SMILES string of the molecule is CCOc1ccc(/C=N/Nc2nc(-c3ccccc3)c3cc(Cl)ccc3n2)cc1. The summed E-state index contributed by atoms with van der Waals surface area (Å²) in [6, 6.07) is 23.2. The number of benzene rings is 3. The lowest BCUT2D eigenvalue weighted by molar-refractivity contribution is 0.340. The Morgan fingerprint density at radius 3 is 2.55 bits per heavy atom. The van der Waals surface area contributed by atoms with E-state index in [0.717, 1.165) is 33.5 Å². The van der Waals surface area contributed by atoms with E-state index in [1.165, 1.54) is 0 Å². The van der Waals surface area contributed by atoms with Gasteiger partial charge in [-0.25, -0.2) is 15.4 Å². The predicted octanol–water partition coefficient (Wildman–Crippen LogP) is 5.79. The zero-order chi connectivity index (χ0) is 20.1. The summed E-state index contributed by atoms with van der Waals surface area (Å²) in [5.74, 6) is 1.25. The number of nitrogens with zero attached hydrogens (tertiary/aromatic N) is 3. The van der Waals surface area contributed by atoms with E-state index in [1.807, 2.05) is 79.7 Å². The highest BCUT2D eigenvalue weighted by atomic mass is 35.5. The van der Waals surface area contributed by atoms with E-state index < -0.39 is 0 Å². The van der Waals surface area contributed by atoms with Gasteiger partial charge in [-0.3, -0.25) is 0 Å². The van der Waals surface area contributed by atoms with Crippen molar-refractivity contribution in [2.75, 3.05) is 12.0 Å². The molecule has 6 heteroatoms. The lowest BCUT2D eigenvalue weighted by Crippen LogP contribution is -2.00. The van der Waals surface area contributed by atoms with E-state index >= 15 is 0 Å². The minimum Gasteiger partial charge on any atom is -0.494 e. The topological polar surface area (TPSA) is 59.4 Å². The van der Waals surface area contributed by atoms with Gasteiger partial charge >= 0.3 is 0 Å². The van der Waals surface area contributed by atoms with Crippen LogP contribution in [0.5, 0.6) is 5.75 Å². The van der Waals surface area contributed by atoms with Crippen LogP contribution in [-0.2, 0) is 0 Å². The summed E-state index contributed by atoms with van der Waals surface area (Å²) in [5, 5.41) is 5.82. The molecular weight excluding hydrogens is 384 g/mol. The molecule has 1 aromatic heterocycles. The Bertz CT molecular complexity index is 1140. The highest BCUT2D eigenvalue weighted by Gasteiger charge is 2.10. The third kappa shape index (κ3) is 4.52. The van der Waals surface area contributed by atoms with Gasteiger partial charge in [0.05, 0.1) is 24.0 Å². The molecule has 0 saturated heterocycles. The number of rotatable bonds is 6. The fourth-order valence-corrected chi connectivity index (χ4v) is 3.12. The molecule has 0 saturated carbocycles. The number of ether oxygens (including phenoxy) is 1. The van der Waals surface area contributed by atoms with Crippen molar-refractivity contribution in [1.29, 1.82) is 0 Å². The molecule has 0 atom stereocenters. The summed E-state index contributed by atoms with van der Waals surface area (Å²) >= 11 is 6.20. The number of fused-ring (bicyclic) bond motifs is 1. The van der Waals surface area contributed by atoms with Crippen molar-refractivity contribution in [2.24, 2.45) is 5.10 Å². The van der Waals surface area contributed by atoms with Gasteiger partial charge in [-0.1, -0.05) is 41.9 Å². The first-order valence-electron chi connectivity index (χ1n) is 9.27. The minimum atomic E-state index is 0.417. The van der Waals surface area contributed by atoms with Crippen LogP contribution < -0.4 is 10.2 Å². The Morgan fingerprint density at radius 2 is 1.79 bits per heavy atom. The van der Waals surface area contributed by atoms with Crippen LogP contribution in [0.4, 0.5) is 5.95 Å². The van der Waals surface area contributed by atoms with Crippen molar-refractivity contribution >= 4 is 34.7 Å². The smallest absolute Gasteiger partial charge is 0.244 e. The van der Waals surface area contributed by atoms with Gasteiger partial charge in [-0.2, -0.15) is 5.10 Å². The lowest BCUT2D eigenvalue weighted by Gasteiger charge is -2.09. The molecule has 144 valence electrons. The second kappa shape index (κ2) is 8.71. The lowest BCUT2D eigenvalue weighted by atomic mass is 10.1. The molecule has 0 aliphatic carbocycles. The highest BCUT2D eigenvalue weighted by molar-refractivity contribution is 6.31. The predicted molar refractivity (Wildman–Crippen MR) is 119 cm³/mol. The number of hydrogen-bond acceptors (Lipinski definition) is 5. The second-order valence-corrected chi connectivity index (χ2v) is 6.73. The van der Waals surface area contributed by atoms with Crippen molar-refractivity contribution in [3.63, 3.8) is 0 Å². The molecule has 4 rings (SSSR count). The van der Waals surface area contributed by atoms with Crippen LogP contribution in [-0.4, -0.2) is 22.8 Å². The second-order valence-electron chi connectivity index (χ2n) is 6.30. The number of halogens is 1. The Hall–Kier alpha value is -3.44. The van der Waals surface area contributed by atoms with Gasteiger partial charge in [-0.15, -0.1) is 0 Å². The summed E-state index contributed by atoms with van der Waals surface area (Å²) in [7, 11) is 0. The molecular formula is C23H19ClN4O. The number of nitrogens with one attached hydrogen (secondary N) is 1. The fourth-order valence-electron chi connectivity index (χ4n) is 2.95. The monoisotopic (exact) mass is 402 g/mol. The molecule has 1 heterocycles. The quantitative estimate of drug-likeness (QED) is 0.327. The molecule has 0 amide bonds. The van der Waals surface area contributed by atoms with Crippen LogP contribution in [0.25, 0.3) is 22.2 Å². The normalized spacial score (nSPS) is 11.1. The Kier molecular flexibility index (Phi) is 5.68. The van der Waals surface area contributed by atoms with Crippen LogP contribution in [0.2, 0.25) is 5.02 Å². The highest BCUT2D eigenvalue weighted by Crippen LogP contribution is 2.29. The molecule has 0 unspecified atom stereocenters. The maximum absolute atomic E-state index is 6.20. The first kappa shape index (κ1) is 18.9. The summed E-state index contributed by atoms with van der Waals surface area (Å²) in [5.41, 5.74) is 6.46. The van der Waals surface area contributed by atoms with E-state index in [4.69, 9.17) is 16.3 Å². The molecule has 0 fully saturated rings. The maximum Gasteiger partial charge on any atom is 0.244 e.